The van der Waals surface area contributed by atoms with Crippen LogP contribution in [0.25, 0.3) is 0 Å². The van der Waals surface area contributed by atoms with Crippen molar-refractivity contribution in [3.05, 3.63) is 40.1 Å². The van der Waals surface area contributed by atoms with E-state index in [-0.39, 0.29) is 23.9 Å². The number of carbonyl (C=O) groups excluding carboxylic acids is 1. The fourth-order valence-electron chi connectivity index (χ4n) is 2.69. The van der Waals surface area contributed by atoms with E-state index in [2.05, 4.69) is 20.3 Å². The first kappa shape index (κ1) is 18.7. The molecule has 2 aromatic rings. The van der Waals surface area contributed by atoms with Gasteiger partial charge in [-0.15, -0.1) is 0 Å². The average Bonchev–Trinajstić information content (AvgIpc) is 2.99. The second-order valence-corrected chi connectivity index (χ2v) is 7.22. The minimum absolute atomic E-state index is 0.106. The lowest BCUT2D eigenvalue weighted by Gasteiger charge is -2.22. The van der Waals surface area contributed by atoms with Crippen LogP contribution < -0.4 is 10.2 Å². The van der Waals surface area contributed by atoms with Gasteiger partial charge in [0.1, 0.15) is 12.9 Å². The van der Waals surface area contributed by atoms with Gasteiger partial charge in [0.05, 0.1) is 22.1 Å². The lowest BCUT2D eigenvalue weighted by atomic mass is 10.1. The highest BCUT2D eigenvalue weighted by Gasteiger charge is 2.38. The van der Waals surface area contributed by atoms with Gasteiger partial charge in [-0.05, 0) is 30.5 Å². The van der Waals surface area contributed by atoms with E-state index in [0.29, 0.717) is 22.6 Å². The van der Waals surface area contributed by atoms with E-state index in [9.17, 15) is 4.79 Å². The molecule has 9 heteroatoms. The number of benzene rings is 1. The number of hydrogen-bond donors (Lipinski definition) is 1. The first-order chi connectivity index (χ1) is 12.4. The minimum atomic E-state index is -0.446. The number of amides is 1. The van der Waals surface area contributed by atoms with Gasteiger partial charge in [0.2, 0.25) is 11.9 Å². The largest absolute Gasteiger partial charge is 0.447 e. The summed E-state index contributed by atoms with van der Waals surface area (Å²) in [5, 5.41) is 4.16. The first-order valence-electron chi connectivity index (χ1n) is 8.23. The number of nitrogens with one attached hydrogen (secondary N) is 1. The molecule has 1 aliphatic rings. The first-order valence-corrected chi connectivity index (χ1v) is 8.99. The van der Waals surface area contributed by atoms with Gasteiger partial charge < -0.3 is 10.1 Å². The fourth-order valence-corrected chi connectivity index (χ4v) is 3.00. The van der Waals surface area contributed by atoms with Gasteiger partial charge in [-0.1, -0.05) is 43.1 Å². The van der Waals surface area contributed by atoms with Crippen molar-refractivity contribution in [1.29, 1.82) is 0 Å². The van der Waals surface area contributed by atoms with Gasteiger partial charge in [0.15, 0.2) is 0 Å². The Morgan fingerprint density at radius 2 is 2.00 bits per heavy atom. The van der Waals surface area contributed by atoms with Crippen molar-refractivity contribution in [2.75, 3.05) is 16.8 Å². The number of nitrogens with zero attached hydrogens (tertiary/aromatic N) is 4. The highest BCUT2D eigenvalue weighted by atomic mass is 35.5. The molecule has 3 rings (SSSR count). The van der Waals surface area contributed by atoms with Crippen LogP contribution in [0.4, 0.5) is 16.7 Å². The molecule has 2 heterocycles. The summed E-state index contributed by atoms with van der Waals surface area (Å²) in [6, 6.07) is 5.18. The Bertz CT molecular complexity index is 817. The number of carbonyl (C=O) groups is 1. The highest BCUT2D eigenvalue weighted by molar-refractivity contribution is 6.42. The molecule has 1 aliphatic heterocycles. The van der Waals surface area contributed by atoms with Crippen molar-refractivity contribution >= 4 is 41.2 Å². The van der Waals surface area contributed by atoms with Crippen molar-refractivity contribution in [3.8, 4) is 0 Å². The zero-order valence-electron chi connectivity index (χ0n) is 14.6. The van der Waals surface area contributed by atoms with Crippen molar-refractivity contribution in [2.24, 2.45) is 5.92 Å². The molecule has 1 fully saturated rings. The third kappa shape index (κ3) is 3.83. The molecule has 1 saturated heterocycles. The Kier molecular flexibility index (Phi) is 5.48. The summed E-state index contributed by atoms with van der Waals surface area (Å²) in [5.74, 6) is 0.838. The van der Waals surface area contributed by atoms with Gasteiger partial charge in [-0.3, -0.25) is 0 Å². The lowest BCUT2D eigenvalue weighted by Crippen LogP contribution is -2.38. The molecule has 1 aromatic heterocycles. The van der Waals surface area contributed by atoms with Crippen LogP contribution in [0, 0.1) is 5.92 Å². The van der Waals surface area contributed by atoms with Crippen LogP contribution in [-0.2, 0) is 4.74 Å². The maximum Gasteiger partial charge on any atom is 0.417 e. The van der Waals surface area contributed by atoms with Crippen molar-refractivity contribution in [3.63, 3.8) is 0 Å². The maximum absolute atomic E-state index is 12.1. The number of hydrogen-bond acceptors (Lipinski definition) is 6. The molecule has 1 amide bonds. The molecular weight excluding hydrogens is 377 g/mol. The van der Waals surface area contributed by atoms with Crippen LogP contribution in [0.15, 0.2) is 24.5 Å². The molecule has 7 nitrogen and oxygen atoms in total. The van der Waals surface area contributed by atoms with Crippen LogP contribution >= 0.6 is 23.2 Å². The maximum atomic E-state index is 12.1. The lowest BCUT2D eigenvalue weighted by molar-refractivity contribution is 0.177. The Balaban J connectivity index is 1.81. The van der Waals surface area contributed by atoms with Crippen LogP contribution in [0.3, 0.4) is 0 Å². The monoisotopic (exact) mass is 395 g/mol. The van der Waals surface area contributed by atoms with E-state index >= 15 is 0 Å². The molecule has 0 aliphatic carbocycles. The topological polar surface area (TPSA) is 80.2 Å². The summed E-state index contributed by atoms with van der Waals surface area (Å²) in [5.41, 5.74) is 0.932. The van der Waals surface area contributed by atoms with E-state index in [4.69, 9.17) is 27.9 Å². The molecule has 0 spiro atoms. The Hall–Kier alpha value is -2.12. The quantitative estimate of drug-likeness (QED) is 0.810. The molecule has 1 unspecified atom stereocenters. The fraction of sp³-hybridized carbons (Fsp3) is 0.412. The molecule has 1 N–H and O–H groups in total. The molecular formula is C17H19Cl2N5O2. The predicted molar refractivity (Wildman–Crippen MR) is 101 cm³/mol. The molecule has 138 valence electrons. The van der Waals surface area contributed by atoms with Crippen molar-refractivity contribution in [1.82, 2.24) is 15.0 Å². The summed E-state index contributed by atoms with van der Waals surface area (Å²) in [6.45, 7) is 6.31. The Morgan fingerprint density at radius 1 is 1.23 bits per heavy atom. The summed E-state index contributed by atoms with van der Waals surface area (Å²) in [7, 11) is 0. The summed E-state index contributed by atoms with van der Waals surface area (Å²) >= 11 is 12.0. The van der Waals surface area contributed by atoms with Crippen LogP contribution in [-0.4, -0.2) is 33.7 Å². The second-order valence-electron chi connectivity index (χ2n) is 6.41. The van der Waals surface area contributed by atoms with Gasteiger partial charge in [0.25, 0.3) is 0 Å². The SMILES string of the molecule is CC(Nc1ncnc(N2C(=O)OC[C@@H]2C(C)C)n1)c1ccc(Cl)c(Cl)c1. The molecule has 2 atom stereocenters. The molecule has 0 saturated carbocycles. The Labute approximate surface area is 161 Å². The van der Waals surface area contributed by atoms with Gasteiger partial charge in [0, 0.05) is 0 Å². The zero-order valence-corrected chi connectivity index (χ0v) is 16.1. The van der Waals surface area contributed by atoms with Gasteiger partial charge in [-0.2, -0.15) is 4.98 Å². The van der Waals surface area contributed by atoms with Gasteiger partial charge >= 0.3 is 6.09 Å². The van der Waals surface area contributed by atoms with Crippen molar-refractivity contribution < 1.29 is 9.53 Å². The summed E-state index contributed by atoms with van der Waals surface area (Å²) in [4.78, 5) is 26.2. The van der Waals surface area contributed by atoms with E-state index in [1.54, 1.807) is 12.1 Å². The third-order valence-corrected chi connectivity index (χ3v) is 4.98. The van der Waals surface area contributed by atoms with E-state index in [1.165, 1.54) is 11.2 Å². The standard InChI is InChI=1S/C17H19Cl2N5O2/c1-9(2)14-7-26-17(25)24(14)16-21-8-20-15(23-16)22-10(3)11-4-5-12(18)13(19)6-11/h4-6,8-10,14H,7H2,1-3H3,(H,20,21,22,23)/t10?,14-/m1/s1. The van der Waals surface area contributed by atoms with E-state index < -0.39 is 6.09 Å². The van der Waals surface area contributed by atoms with Crippen LogP contribution in [0.5, 0.6) is 0 Å². The Morgan fingerprint density at radius 3 is 2.69 bits per heavy atom. The van der Waals surface area contributed by atoms with E-state index in [0.717, 1.165) is 5.56 Å². The zero-order chi connectivity index (χ0) is 18.8. The van der Waals surface area contributed by atoms with E-state index in [1.807, 2.05) is 26.8 Å². The number of aromatic nitrogens is 3. The molecule has 0 bridgehead atoms. The third-order valence-electron chi connectivity index (χ3n) is 4.24. The second kappa shape index (κ2) is 7.63. The number of ether oxygens (including phenoxy) is 1. The number of rotatable bonds is 5. The minimum Gasteiger partial charge on any atom is -0.447 e. The molecule has 1 aromatic carbocycles. The average molecular weight is 396 g/mol. The normalized spacial score (nSPS) is 18.2. The van der Waals surface area contributed by atoms with Crippen molar-refractivity contribution in [2.45, 2.75) is 32.9 Å². The van der Waals surface area contributed by atoms with Crippen LogP contribution in [0.2, 0.25) is 10.0 Å². The predicted octanol–water partition coefficient (Wildman–Crippen LogP) is 4.33. The molecule has 26 heavy (non-hydrogen) atoms. The number of anilines is 2. The van der Waals surface area contributed by atoms with Crippen LogP contribution in [0.1, 0.15) is 32.4 Å². The van der Waals surface area contributed by atoms with Gasteiger partial charge in [-0.25, -0.2) is 19.7 Å². The summed E-state index contributed by atoms with van der Waals surface area (Å²) in [6.07, 6.45) is 0.924. The number of halogens is 2. The number of cyclic esters (lactones) is 1. The highest BCUT2D eigenvalue weighted by Crippen LogP contribution is 2.28. The molecule has 0 radical (unpaired) electrons. The summed E-state index contributed by atoms with van der Waals surface area (Å²) < 4.78 is 5.15. The smallest absolute Gasteiger partial charge is 0.417 e.